The molecule has 0 fully saturated rings. The number of aromatic nitrogens is 2. The fraction of sp³-hybridized carbons (Fsp3) is 0.333. The van der Waals surface area contributed by atoms with E-state index in [1.165, 1.54) is 16.7 Å². The van der Waals surface area contributed by atoms with Crippen LogP contribution in [0.5, 0.6) is 5.88 Å². The van der Waals surface area contributed by atoms with E-state index in [-0.39, 0.29) is 0 Å². The van der Waals surface area contributed by atoms with Crippen molar-refractivity contribution in [3.05, 3.63) is 41.5 Å². The van der Waals surface area contributed by atoms with Crippen LogP contribution in [0, 0.1) is 0 Å². The molecule has 0 atom stereocenters. The number of hydrogen-bond acceptors (Lipinski definition) is 4. The van der Waals surface area contributed by atoms with Gasteiger partial charge in [-0.25, -0.2) is 0 Å². The van der Waals surface area contributed by atoms with Crippen LogP contribution in [-0.2, 0) is 13.0 Å². The summed E-state index contributed by atoms with van der Waals surface area (Å²) in [5.41, 5.74) is 4.86. The van der Waals surface area contributed by atoms with E-state index in [1.54, 1.807) is 0 Å². The second-order valence-corrected chi connectivity index (χ2v) is 4.56. The van der Waals surface area contributed by atoms with Crippen LogP contribution in [0.2, 0.25) is 0 Å². The van der Waals surface area contributed by atoms with Gasteiger partial charge in [-0.2, -0.15) is 0 Å². The quantitative estimate of drug-likeness (QED) is 0.913. The fourth-order valence-electron chi connectivity index (χ4n) is 2.46. The van der Waals surface area contributed by atoms with Gasteiger partial charge >= 0.3 is 0 Å². The van der Waals surface area contributed by atoms with Crippen LogP contribution in [0.25, 0.3) is 11.3 Å². The van der Waals surface area contributed by atoms with Gasteiger partial charge in [0, 0.05) is 18.2 Å². The topological polar surface area (TPSA) is 47.0 Å². The molecule has 0 radical (unpaired) electrons. The monoisotopic (exact) mass is 255 g/mol. The molecule has 0 aliphatic carbocycles. The van der Waals surface area contributed by atoms with Crippen LogP contribution < -0.4 is 10.1 Å². The van der Waals surface area contributed by atoms with E-state index in [0.717, 1.165) is 25.2 Å². The number of nitrogens with zero attached hydrogens (tertiary/aromatic N) is 2. The molecule has 2 aromatic rings. The minimum atomic E-state index is 0.581. The van der Waals surface area contributed by atoms with Crippen molar-refractivity contribution in [1.29, 1.82) is 0 Å². The van der Waals surface area contributed by atoms with Crippen molar-refractivity contribution in [2.75, 3.05) is 13.2 Å². The smallest absolute Gasteiger partial charge is 0.233 e. The highest BCUT2D eigenvalue weighted by atomic mass is 16.5. The molecule has 1 aliphatic heterocycles. The molecule has 4 nitrogen and oxygen atoms in total. The first-order chi connectivity index (χ1) is 9.38. The van der Waals surface area contributed by atoms with Gasteiger partial charge in [0.05, 0.1) is 12.3 Å². The van der Waals surface area contributed by atoms with Crippen LogP contribution in [0.4, 0.5) is 0 Å². The van der Waals surface area contributed by atoms with Gasteiger partial charge in [0.2, 0.25) is 5.88 Å². The van der Waals surface area contributed by atoms with Gasteiger partial charge in [0.25, 0.3) is 0 Å². The van der Waals surface area contributed by atoms with Crippen molar-refractivity contribution < 1.29 is 4.74 Å². The average Bonchev–Trinajstić information content (AvgIpc) is 2.48. The maximum absolute atomic E-state index is 5.33. The average molecular weight is 255 g/mol. The van der Waals surface area contributed by atoms with Gasteiger partial charge in [0.1, 0.15) is 0 Å². The maximum Gasteiger partial charge on any atom is 0.233 e. The van der Waals surface area contributed by atoms with Crippen LogP contribution in [0.3, 0.4) is 0 Å². The molecule has 3 rings (SSSR count). The Bertz CT molecular complexity index is 566. The van der Waals surface area contributed by atoms with E-state index in [0.29, 0.717) is 12.5 Å². The standard InChI is InChI=1S/C15H17N3O/c1-2-19-15-7-6-14(17-18-15)13-5-3-4-11-10-16-9-8-12(11)13/h3-7,16H,2,8-10H2,1H3. The molecule has 1 N–H and O–H groups in total. The Labute approximate surface area is 112 Å². The summed E-state index contributed by atoms with van der Waals surface area (Å²) in [5.74, 6) is 0.581. The first kappa shape index (κ1) is 12.1. The minimum absolute atomic E-state index is 0.581. The Balaban J connectivity index is 1.97. The highest BCUT2D eigenvalue weighted by Crippen LogP contribution is 2.27. The lowest BCUT2D eigenvalue weighted by atomic mass is 9.94. The fourth-order valence-corrected chi connectivity index (χ4v) is 2.46. The lowest BCUT2D eigenvalue weighted by molar-refractivity contribution is 0.323. The van der Waals surface area contributed by atoms with Crippen LogP contribution in [-0.4, -0.2) is 23.3 Å². The molecular weight excluding hydrogens is 238 g/mol. The number of benzene rings is 1. The van der Waals surface area contributed by atoms with Crippen molar-refractivity contribution in [2.24, 2.45) is 0 Å². The second kappa shape index (κ2) is 5.36. The minimum Gasteiger partial charge on any atom is -0.477 e. The highest BCUT2D eigenvalue weighted by Gasteiger charge is 2.14. The van der Waals surface area contributed by atoms with Gasteiger partial charge in [-0.3, -0.25) is 0 Å². The summed E-state index contributed by atoms with van der Waals surface area (Å²) < 4.78 is 5.33. The summed E-state index contributed by atoms with van der Waals surface area (Å²) in [6.45, 7) is 4.51. The zero-order chi connectivity index (χ0) is 13.1. The Kier molecular flexibility index (Phi) is 3.42. The van der Waals surface area contributed by atoms with E-state index in [2.05, 4.69) is 33.7 Å². The largest absolute Gasteiger partial charge is 0.477 e. The molecule has 0 saturated carbocycles. The van der Waals surface area contributed by atoms with Gasteiger partial charge in [-0.1, -0.05) is 18.2 Å². The predicted molar refractivity (Wildman–Crippen MR) is 74.0 cm³/mol. The molecule has 0 spiro atoms. The molecule has 1 aromatic heterocycles. The highest BCUT2D eigenvalue weighted by molar-refractivity contribution is 5.65. The SMILES string of the molecule is CCOc1ccc(-c2cccc3c2CCNC3)nn1. The first-order valence-corrected chi connectivity index (χ1v) is 6.67. The normalized spacial score (nSPS) is 13.9. The zero-order valence-electron chi connectivity index (χ0n) is 11.0. The van der Waals surface area contributed by atoms with Crippen LogP contribution in [0.15, 0.2) is 30.3 Å². The van der Waals surface area contributed by atoms with E-state index < -0.39 is 0 Å². The summed E-state index contributed by atoms with van der Waals surface area (Å²) in [6, 6.07) is 10.2. The molecule has 2 heterocycles. The molecule has 0 saturated heterocycles. The summed E-state index contributed by atoms with van der Waals surface area (Å²) in [4.78, 5) is 0. The molecule has 4 heteroatoms. The molecule has 0 amide bonds. The summed E-state index contributed by atoms with van der Waals surface area (Å²) in [6.07, 6.45) is 1.04. The molecule has 0 bridgehead atoms. The van der Waals surface area contributed by atoms with Crippen molar-refractivity contribution in [1.82, 2.24) is 15.5 Å². The van der Waals surface area contributed by atoms with E-state index in [4.69, 9.17) is 4.74 Å². The number of ether oxygens (including phenoxy) is 1. The molecule has 1 aliphatic rings. The van der Waals surface area contributed by atoms with Gasteiger partial charge in [-0.05, 0) is 37.1 Å². The summed E-state index contributed by atoms with van der Waals surface area (Å²) in [7, 11) is 0. The van der Waals surface area contributed by atoms with Gasteiger partial charge < -0.3 is 10.1 Å². The Morgan fingerprint density at radius 1 is 1.21 bits per heavy atom. The number of rotatable bonds is 3. The molecular formula is C15H17N3O. The Hall–Kier alpha value is -1.94. The molecule has 19 heavy (non-hydrogen) atoms. The van der Waals surface area contributed by atoms with Gasteiger partial charge in [0.15, 0.2) is 0 Å². The molecule has 1 aromatic carbocycles. The molecule has 98 valence electrons. The third kappa shape index (κ3) is 2.44. The maximum atomic E-state index is 5.33. The third-order valence-corrected chi connectivity index (χ3v) is 3.35. The van der Waals surface area contributed by atoms with Crippen molar-refractivity contribution in [3.63, 3.8) is 0 Å². The summed E-state index contributed by atoms with van der Waals surface area (Å²) in [5, 5.41) is 11.8. The lowest BCUT2D eigenvalue weighted by Crippen LogP contribution is -2.24. The lowest BCUT2D eigenvalue weighted by Gasteiger charge is -2.19. The molecule has 0 unspecified atom stereocenters. The summed E-state index contributed by atoms with van der Waals surface area (Å²) >= 11 is 0. The van der Waals surface area contributed by atoms with E-state index in [9.17, 15) is 0 Å². The predicted octanol–water partition coefficient (Wildman–Crippen LogP) is 2.19. The van der Waals surface area contributed by atoms with Gasteiger partial charge in [-0.15, -0.1) is 10.2 Å². The first-order valence-electron chi connectivity index (χ1n) is 6.67. The number of fused-ring (bicyclic) bond motifs is 1. The number of hydrogen-bond donors (Lipinski definition) is 1. The Morgan fingerprint density at radius 3 is 2.95 bits per heavy atom. The Morgan fingerprint density at radius 2 is 2.16 bits per heavy atom. The van der Waals surface area contributed by atoms with Crippen LogP contribution >= 0.6 is 0 Å². The number of nitrogens with one attached hydrogen (secondary N) is 1. The second-order valence-electron chi connectivity index (χ2n) is 4.56. The zero-order valence-corrected chi connectivity index (χ0v) is 11.0. The van der Waals surface area contributed by atoms with Crippen molar-refractivity contribution in [2.45, 2.75) is 19.9 Å². The third-order valence-electron chi connectivity index (χ3n) is 3.35. The van der Waals surface area contributed by atoms with Crippen molar-refractivity contribution >= 4 is 0 Å². The van der Waals surface area contributed by atoms with Crippen molar-refractivity contribution in [3.8, 4) is 17.1 Å². The van der Waals surface area contributed by atoms with E-state index >= 15 is 0 Å². The van der Waals surface area contributed by atoms with E-state index in [1.807, 2.05) is 19.1 Å². The van der Waals surface area contributed by atoms with Crippen LogP contribution in [0.1, 0.15) is 18.1 Å².